The number of rotatable bonds is 3. The Balaban J connectivity index is 2.21. The van der Waals surface area contributed by atoms with Crippen molar-refractivity contribution >= 4 is 0 Å². The normalized spacial score (nSPS) is 21.2. The predicted octanol–water partition coefficient (Wildman–Crippen LogP) is 2.68. The third-order valence-electron chi connectivity index (χ3n) is 2.78. The molecule has 0 amide bonds. The maximum Gasteiger partial charge on any atom is 0.0187 e. The highest BCUT2D eigenvalue weighted by molar-refractivity contribution is 4.92. The SMILES string of the molecule is C=C(C)CN1CCC(CC)CC1. The molecule has 0 saturated carbocycles. The van der Waals surface area contributed by atoms with Crippen LogP contribution in [0.3, 0.4) is 0 Å². The van der Waals surface area contributed by atoms with Crippen molar-refractivity contribution in [2.45, 2.75) is 33.1 Å². The first kappa shape index (κ1) is 9.79. The second kappa shape index (κ2) is 4.66. The van der Waals surface area contributed by atoms with Gasteiger partial charge >= 0.3 is 0 Å². The Morgan fingerprint density at radius 1 is 1.42 bits per heavy atom. The van der Waals surface area contributed by atoms with Gasteiger partial charge in [-0.1, -0.05) is 25.5 Å². The Bertz CT molecular complexity index is 143. The smallest absolute Gasteiger partial charge is 0.0187 e. The van der Waals surface area contributed by atoms with Crippen LogP contribution in [0.5, 0.6) is 0 Å². The number of piperidine rings is 1. The van der Waals surface area contributed by atoms with Crippen molar-refractivity contribution in [3.63, 3.8) is 0 Å². The van der Waals surface area contributed by atoms with Crippen LogP contribution in [0.15, 0.2) is 12.2 Å². The van der Waals surface area contributed by atoms with E-state index in [9.17, 15) is 0 Å². The lowest BCUT2D eigenvalue weighted by Gasteiger charge is -2.31. The minimum absolute atomic E-state index is 0.992. The van der Waals surface area contributed by atoms with Gasteiger partial charge in [0.25, 0.3) is 0 Å². The molecule has 0 aliphatic carbocycles. The van der Waals surface area contributed by atoms with E-state index in [1.165, 1.54) is 37.9 Å². The van der Waals surface area contributed by atoms with Crippen molar-refractivity contribution in [1.82, 2.24) is 4.90 Å². The molecule has 70 valence electrons. The second-order valence-electron chi connectivity index (χ2n) is 4.08. The van der Waals surface area contributed by atoms with E-state index in [1.54, 1.807) is 0 Å². The van der Waals surface area contributed by atoms with Crippen LogP contribution in [0.1, 0.15) is 33.1 Å². The van der Waals surface area contributed by atoms with Gasteiger partial charge in [0.05, 0.1) is 0 Å². The molecule has 0 aromatic heterocycles. The Kier molecular flexibility index (Phi) is 3.80. The monoisotopic (exact) mass is 167 g/mol. The molecule has 1 heteroatoms. The lowest BCUT2D eigenvalue weighted by atomic mass is 9.94. The number of hydrogen-bond acceptors (Lipinski definition) is 1. The van der Waals surface area contributed by atoms with Gasteiger partial charge in [-0.2, -0.15) is 0 Å². The van der Waals surface area contributed by atoms with Crippen molar-refractivity contribution < 1.29 is 0 Å². The quantitative estimate of drug-likeness (QED) is 0.584. The molecule has 1 rings (SSSR count). The van der Waals surface area contributed by atoms with Gasteiger partial charge < -0.3 is 0 Å². The highest BCUT2D eigenvalue weighted by Gasteiger charge is 2.16. The molecule has 0 radical (unpaired) electrons. The maximum absolute atomic E-state index is 3.95. The molecule has 0 atom stereocenters. The van der Waals surface area contributed by atoms with E-state index < -0.39 is 0 Å². The third kappa shape index (κ3) is 2.98. The first-order chi connectivity index (χ1) is 5.72. The summed E-state index contributed by atoms with van der Waals surface area (Å²) in [5, 5.41) is 0. The van der Waals surface area contributed by atoms with Crippen molar-refractivity contribution in [2.24, 2.45) is 5.92 Å². The van der Waals surface area contributed by atoms with E-state index in [4.69, 9.17) is 0 Å². The first-order valence-corrected chi connectivity index (χ1v) is 5.09. The zero-order valence-electron chi connectivity index (χ0n) is 8.47. The summed E-state index contributed by atoms with van der Waals surface area (Å²) in [6.07, 6.45) is 4.15. The molecule has 0 spiro atoms. The molecule has 1 nitrogen and oxygen atoms in total. The molecule has 12 heavy (non-hydrogen) atoms. The molecule has 0 aromatic carbocycles. The maximum atomic E-state index is 3.95. The lowest BCUT2D eigenvalue weighted by Crippen LogP contribution is -2.34. The second-order valence-corrected chi connectivity index (χ2v) is 4.08. The van der Waals surface area contributed by atoms with Gasteiger partial charge in [0.1, 0.15) is 0 Å². The molecule has 1 heterocycles. The Morgan fingerprint density at radius 2 is 2.00 bits per heavy atom. The predicted molar refractivity (Wildman–Crippen MR) is 54.3 cm³/mol. The first-order valence-electron chi connectivity index (χ1n) is 5.09. The van der Waals surface area contributed by atoms with Crippen LogP contribution in [-0.2, 0) is 0 Å². The molecule has 0 N–H and O–H groups in total. The van der Waals surface area contributed by atoms with Crippen molar-refractivity contribution in [3.05, 3.63) is 12.2 Å². The standard InChI is InChI=1S/C11H21N/c1-4-11-5-7-12(8-6-11)9-10(2)3/h11H,2,4-9H2,1,3H3. The Morgan fingerprint density at radius 3 is 2.42 bits per heavy atom. The van der Waals surface area contributed by atoms with Crippen LogP contribution in [0.4, 0.5) is 0 Å². The highest BCUT2D eigenvalue weighted by Crippen LogP contribution is 2.19. The van der Waals surface area contributed by atoms with Gasteiger partial charge in [0.2, 0.25) is 0 Å². The van der Waals surface area contributed by atoms with Crippen molar-refractivity contribution in [2.75, 3.05) is 19.6 Å². The minimum atomic E-state index is 0.992. The zero-order valence-corrected chi connectivity index (χ0v) is 8.47. The summed E-state index contributed by atoms with van der Waals surface area (Å²) in [6.45, 7) is 12.0. The molecule has 1 aliphatic rings. The summed E-state index contributed by atoms with van der Waals surface area (Å²) in [4.78, 5) is 2.52. The van der Waals surface area contributed by atoms with Gasteiger partial charge in [0, 0.05) is 6.54 Å². The lowest BCUT2D eigenvalue weighted by molar-refractivity contribution is 0.195. The van der Waals surface area contributed by atoms with E-state index in [0.29, 0.717) is 0 Å². The summed E-state index contributed by atoms with van der Waals surface area (Å²) in [7, 11) is 0. The number of likely N-dealkylation sites (tertiary alicyclic amines) is 1. The fourth-order valence-electron chi connectivity index (χ4n) is 1.93. The molecule has 0 aromatic rings. The molecule has 1 saturated heterocycles. The van der Waals surface area contributed by atoms with Crippen LogP contribution in [-0.4, -0.2) is 24.5 Å². The number of nitrogens with zero attached hydrogens (tertiary/aromatic N) is 1. The summed E-state index contributed by atoms with van der Waals surface area (Å²) >= 11 is 0. The summed E-state index contributed by atoms with van der Waals surface area (Å²) < 4.78 is 0. The van der Waals surface area contributed by atoms with E-state index >= 15 is 0 Å². The third-order valence-corrected chi connectivity index (χ3v) is 2.78. The summed E-state index contributed by atoms with van der Waals surface area (Å²) in [6, 6.07) is 0. The molecule has 0 unspecified atom stereocenters. The minimum Gasteiger partial charge on any atom is -0.299 e. The van der Waals surface area contributed by atoms with Gasteiger partial charge in [0.15, 0.2) is 0 Å². The van der Waals surface area contributed by atoms with Gasteiger partial charge in [-0.05, 0) is 38.8 Å². The van der Waals surface area contributed by atoms with Crippen LogP contribution in [0, 0.1) is 5.92 Å². The van der Waals surface area contributed by atoms with Crippen molar-refractivity contribution in [1.29, 1.82) is 0 Å². The summed E-state index contributed by atoms with van der Waals surface area (Å²) in [5.74, 6) is 0.992. The Hall–Kier alpha value is -0.300. The zero-order chi connectivity index (χ0) is 8.97. The van der Waals surface area contributed by atoms with E-state index in [2.05, 4.69) is 25.3 Å². The van der Waals surface area contributed by atoms with Crippen molar-refractivity contribution in [3.8, 4) is 0 Å². The van der Waals surface area contributed by atoms with Gasteiger partial charge in [-0.15, -0.1) is 0 Å². The van der Waals surface area contributed by atoms with Crippen LogP contribution in [0.2, 0.25) is 0 Å². The van der Waals surface area contributed by atoms with Crippen LogP contribution < -0.4 is 0 Å². The highest BCUT2D eigenvalue weighted by atomic mass is 15.1. The Labute approximate surface area is 76.5 Å². The van der Waals surface area contributed by atoms with Gasteiger partial charge in [-0.3, -0.25) is 4.90 Å². The summed E-state index contributed by atoms with van der Waals surface area (Å²) in [5.41, 5.74) is 1.30. The molecular weight excluding hydrogens is 146 g/mol. The van der Waals surface area contributed by atoms with Gasteiger partial charge in [-0.25, -0.2) is 0 Å². The number of hydrogen-bond donors (Lipinski definition) is 0. The fraction of sp³-hybridized carbons (Fsp3) is 0.818. The average Bonchev–Trinajstić information content (AvgIpc) is 2.05. The average molecular weight is 167 g/mol. The topological polar surface area (TPSA) is 3.24 Å². The van der Waals surface area contributed by atoms with Crippen LogP contribution >= 0.6 is 0 Å². The van der Waals surface area contributed by atoms with E-state index in [0.717, 1.165) is 12.5 Å². The molecule has 1 fully saturated rings. The molecular formula is C11H21N. The fourth-order valence-corrected chi connectivity index (χ4v) is 1.93. The van der Waals surface area contributed by atoms with Crippen LogP contribution in [0.25, 0.3) is 0 Å². The molecule has 0 bridgehead atoms. The molecule has 1 aliphatic heterocycles. The van der Waals surface area contributed by atoms with E-state index in [1.807, 2.05) is 0 Å². The largest absolute Gasteiger partial charge is 0.299 e. The van der Waals surface area contributed by atoms with E-state index in [-0.39, 0.29) is 0 Å².